The predicted octanol–water partition coefficient (Wildman–Crippen LogP) is 2.85. The highest BCUT2D eigenvalue weighted by Crippen LogP contribution is 2.29. The molecular formula is C20H24BrN5O. The summed E-state index contributed by atoms with van der Waals surface area (Å²) in [5.41, 5.74) is 9.57. The third-order valence-electron chi connectivity index (χ3n) is 4.33. The average Bonchev–Trinajstić information content (AvgIpc) is 2.70. The van der Waals surface area contributed by atoms with E-state index in [4.69, 9.17) is 10.5 Å². The maximum absolute atomic E-state index is 6.01. The Morgan fingerprint density at radius 3 is 3.11 bits per heavy atom. The Labute approximate surface area is 168 Å². The van der Waals surface area contributed by atoms with Crippen molar-refractivity contribution in [1.82, 2.24) is 10.3 Å². The highest BCUT2D eigenvalue weighted by molar-refractivity contribution is 9.10. The predicted molar refractivity (Wildman–Crippen MR) is 114 cm³/mol. The van der Waals surface area contributed by atoms with Crippen molar-refractivity contribution in [2.75, 3.05) is 32.0 Å². The zero-order chi connectivity index (χ0) is 19.1. The van der Waals surface area contributed by atoms with Crippen LogP contribution in [0.4, 0.5) is 5.69 Å². The second kappa shape index (κ2) is 9.53. The number of hydrogen-bond acceptors (Lipinski definition) is 6. The van der Waals surface area contributed by atoms with E-state index in [0.29, 0.717) is 5.88 Å². The quantitative estimate of drug-likeness (QED) is 0.465. The molecule has 27 heavy (non-hydrogen) atoms. The van der Waals surface area contributed by atoms with Gasteiger partial charge in [-0.25, -0.2) is 4.98 Å². The van der Waals surface area contributed by atoms with Gasteiger partial charge < -0.3 is 21.1 Å². The summed E-state index contributed by atoms with van der Waals surface area (Å²) in [6.45, 7) is 2.38. The van der Waals surface area contributed by atoms with Crippen molar-refractivity contribution in [2.45, 2.75) is 12.5 Å². The van der Waals surface area contributed by atoms with Gasteiger partial charge in [-0.1, -0.05) is 34.1 Å². The van der Waals surface area contributed by atoms with E-state index >= 15 is 0 Å². The molecule has 0 spiro atoms. The molecule has 1 aliphatic heterocycles. The number of nitrogens with zero attached hydrogens (tertiary/aromatic N) is 2. The highest BCUT2D eigenvalue weighted by atomic mass is 79.9. The van der Waals surface area contributed by atoms with E-state index in [1.165, 1.54) is 11.8 Å². The zero-order valence-electron chi connectivity index (χ0n) is 15.3. The molecule has 3 rings (SSSR count). The van der Waals surface area contributed by atoms with Gasteiger partial charge >= 0.3 is 0 Å². The Morgan fingerprint density at radius 1 is 1.48 bits per heavy atom. The fourth-order valence-corrected chi connectivity index (χ4v) is 3.39. The molecule has 0 fully saturated rings. The first kappa shape index (κ1) is 19.4. The molecular weight excluding hydrogens is 406 g/mol. The van der Waals surface area contributed by atoms with Crippen molar-refractivity contribution in [1.29, 1.82) is 0 Å². The molecule has 1 aromatic carbocycles. The summed E-state index contributed by atoms with van der Waals surface area (Å²) >= 11 is 3.58. The number of pyridine rings is 1. The van der Waals surface area contributed by atoms with E-state index in [2.05, 4.69) is 54.7 Å². The molecule has 2 heterocycles. The minimum atomic E-state index is 0.0387. The number of rotatable bonds is 7. The lowest BCUT2D eigenvalue weighted by Gasteiger charge is -2.27. The second-order valence-electron chi connectivity index (χ2n) is 6.25. The van der Waals surface area contributed by atoms with Crippen LogP contribution in [-0.4, -0.2) is 44.0 Å². The smallest absolute Gasteiger partial charge is 0.237 e. The van der Waals surface area contributed by atoms with Crippen molar-refractivity contribution in [3.8, 4) is 5.88 Å². The first-order valence-electron chi connectivity index (χ1n) is 8.90. The van der Waals surface area contributed by atoms with Crippen LogP contribution in [0.1, 0.15) is 11.1 Å². The summed E-state index contributed by atoms with van der Waals surface area (Å²) in [6.07, 6.45) is 6.00. The minimum Gasteiger partial charge on any atom is -0.470 e. The molecule has 1 aliphatic rings. The number of benzene rings is 1. The monoisotopic (exact) mass is 429 g/mol. The van der Waals surface area contributed by atoms with Crippen LogP contribution >= 0.6 is 15.9 Å². The maximum Gasteiger partial charge on any atom is 0.237 e. The van der Waals surface area contributed by atoms with E-state index in [-0.39, 0.29) is 6.10 Å². The molecule has 0 amide bonds. The van der Waals surface area contributed by atoms with Crippen LogP contribution in [0.5, 0.6) is 5.88 Å². The Bertz CT molecular complexity index is 837. The lowest BCUT2D eigenvalue weighted by atomic mass is 10.1. The SMILES string of the molecule is CN=C/C(=C\N)c1cnc2c(c1)NCC(CNCCc1ccccc1Br)O2. The van der Waals surface area contributed by atoms with Crippen molar-refractivity contribution >= 4 is 33.4 Å². The van der Waals surface area contributed by atoms with E-state index in [0.717, 1.165) is 47.4 Å². The minimum absolute atomic E-state index is 0.0387. The fourth-order valence-electron chi connectivity index (χ4n) is 2.91. The molecule has 4 N–H and O–H groups in total. The topological polar surface area (TPSA) is 84.6 Å². The standard InChI is InChI=1S/C20H24BrN5O/c1-23-10-16(9-22)15-8-19-20(26-11-15)27-17(13-25-19)12-24-7-6-14-4-2-3-5-18(14)21/h2-5,8-11,17,24-25H,6-7,12-13,22H2,1H3/b16-9+,23-10?. The van der Waals surface area contributed by atoms with Crippen LogP contribution in [0.3, 0.4) is 0 Å². The Morgan fingerprint density at radius 2 is 2.33 bits per heavy atom. The molecule has 0 saturated heterocycles. The highest BCUT2D eigenvalue weighted by Gasteiger charge is 2.20. The molecule has 0 saturated carbocycles. The van der Waals surface area contributed by atoms with Crippen LogP contribution in [0.15, 0.2) is 52.2 Å². The first-order chi connectivity index (χ1) is 13.2. The van der Waals surface area contributed by atoms with E-state index in [9.17, 15) is 0 Å². The van der Waals surface area contributed by atoms with Crippen LogP contribution in [-0.2, 0) is 6.42 Å². The number of nitrogens with one attached hydrogen (secondary N) is 2. The summed E-state index contributed by atoms with van der Waals surface area (Å²) in [5, 5.41) is 6.85. The first-order valence-corrected chi connectivity index (χ1v) is 9.69. The lowest BCUT2D eigenvalue weighted by Crippen LogP contribution is -2.40. The average molecular weight is 430 g/mol. The van der Waals surface area contributed by atoms with Crippen LogP contribution in [0.2, 0.25) is 0 Å². The summed E-state index contributed by atoms with van der Waals surface area (Å²) in [4.78, 5) is 8.44. The van der Waals surface area contributed by atoms with Crippen molar-refractivity contribution in [3.63, 3.8) is 0 Å². The van der Waals surface area contributed by atoms with Crippen molar-refractivity contribution < 1.29 is 4.74 Å². The van der Waals surface area contributed by atoms with E-state index < -0.39 is 0 Å². The number of aliphatic imine (C=N–C) groups is 1. The molecule has 2 aromatic rings. The number of anilines is 1. The third kappa shape index (κ3) is 5.08. The maximum atomic E-state index is 6.01. The van der Waals surface area contributed by atoms with E-state index in [1.807, 2.05) is 12.1 Å². The normalized spacial score (nSPS) is 16.7. The zero-order valence-corrected chi connectivity index (χ0v) is 16.9. The number of nitrogens with two attached hydrogens (primary N) is 1. The molecule has 7 heteroatoms. The van der Waals surface area contributed by atoms with Gasteiger partial charge in [0.25, 0.3) is 0 Å². The third-order valence-corrected chi connectivity index (χ3v) is 5.11. The molecule has 1 aromatic heterocycles. The lowest BCUT2D eigenvalue weighted by molar-refractivity contribution is 0.194. The molecule has 142 valence electrons. The van der Waals surface area contributed by atoms with Gasteiger partial charge in [0.15, 0.2) is 0 Å². The fraction of sp³-hybridized carbons (Fsp3) is 0.300. The van der Waals surface area contributed by atoms with Gasteiger partial charge in [-0.05, 0) is 30.7 Å². The van der Waals surface area contributed by atoms with Gasteiger partial charge in [0.05, 0.1) is 12.2 Å². The number of aromatic nitrogens is 1. The van der Waals surface area contributed by atoms with Gasteiger partial charge in [0, 0.05) is 47.8 Å². The second-order valence-corrected chi connectivity index (χ2v) is 7.11. The summed E-state index contributed by atoms with van der Waals surface area (Å²) < 4.78 is 7.16. The molecule has 1 atom stereocenters. The van der Waals surface area contributed by atoms with E-state index in [1.54, 1.807) is 19.5 Å². The van der Waals surface area contributed by atoms with Gasteiger partial charge in [-0.3, -0.25) is 4.99 Å². The number of hydrogen-bond donors (Lipinski definition) is 3. The summed E-state index contributed by atoms with van der Waals surface area (Å²) in [6, 6.07) is 10.3. The van der Waals surface area contributed by atoms with Gasteiger partial charge in [-0.2, -0.15) is 0 Å². The molecule has 0 aliphatic carbocycles. The number of fused-ring (bicyclic) bond motifs is 1. The van der Waals surface area contributed by atoms with Crippen LogP contribution in [0, 0.1) is 0 Å². The molecule has 1 unspecified atom stereocenters. The summed E-state index contributed by atoms with van der Waals surface area (Å²) in [5.74, 6) is 0.618. The number of halogens is 1. The Balaban J connectivity index is 1.52. The number of allylic oxidation sites excluding steroid dienone is 1. The van der Waals surface area contributed by atoms with Crippen LogP contribution < -0.4 is 21.1 Å². The van der Waals surface area contributed by atoms with Crippen molar-refractivity contribution in [2.24, 2.45) is 10.7 Å². The molecule has 0 radical (unpaired) electrons. The molecule has 0 bridgehead atoms. The summed E-state index contributed by atoms with van der Waals surface area (Å²) in [7, 11) is 1.71. The van der Waals surface area contributed by atoms with Gasteiger partial charge in [0.2, 0.25) is 5.88 Å². The van der Waals surface area contributed by atoms with Gasteiger partial charge in [-0.15, -0.1) is 0 Å². The van der Waals surface area contributed by atoms with Crippen molar-refractivity contribution in [3.05, 3.63) is 58.3 Å². The van der Waals surface area contributed by atoms with Gasteiger partial charge in [0.1, 0.15) is 6.10 Å². The Hall–Kier alpha value is -2.38. The Kier molecular flexibility index (Phi) is 6.84. The number of ether oxygens (including phenoxy) is 1. The molecule has 6 nitrogen and oxygen atoms in total. The van der Waals surface area contributed by atoms with Crippen LogP contribution in [0.25, 0.3) is 5.57 Å². The largest absolute Gasteiger partial charge is 0.470 e.